The highest BCUT2D eigenvalue weighted by molar-refractivity contribution is 6.03. The van der Waals surface area contributed by atoms with Gasteiger partial charge in [-0.2, -0.15) is 5.26 Å². The second-order valence-electron chi connectivity index (χ2n) is 11.6. The Hall–Kier alpha value is -3.27. The molecule has 0 spiro atoms. The Bertz CT molecular complexity index is 1140. The maximum Gasteiger partial charge on any atom is 0.410 e. The number of ether oxygens (including phenoxy) is 1. The summed E-state index contributed by atoms with van der Waals surface area (Å²) in [6.07, 6.45) is 11.7. The maximum atomic E-state index is 12.4. The molecule has 1 aliphatic carbocycles. The van der Waals surface area contributed by atoms with Gasteiger partial charge in [0.2, 0.25) is 0 Å². The maximum absolute atomic E-state index is 12.4. The van der Waals surface area contributed by atoms with Crippen molar-refractivity contribution in [3.8, 4) is 6.07 Å². The highest BCUT2D eigenvalue weighted by atomic mass is 16.6. The lowest BCUT2D eigenvalue weighted by Crippen LogP contribution is -2.49. The summed E-state index contributed by atoms with van der Waals surface area (Å²) in [6.45, 7) is 19.4. The first-order chi connectivity index (χ1) is 19.0. The fourth-order valence-electron chi connectivity index (χ4n) is 4.87. The monoisotopic (exact) mass is 549 g/mol. The molecule has 1 amide bonds. The van der Waals surface area contributed by atoms with E-state index in [0.717, 1.165) is 43.8 Å². The van der Waals surface area contributed by atoms with Crippen LogP contribution in [-0.2, 0) is 18.2 Å². The molecule has 0 radical (unpaired) electrons. The topological polar surface area (TPSA) is 73.9 Å². The molecule has 0 unspecified atom stereocenters. The number of carbonyl (C=O) groups excluding carboxylic acids is 1. The van der Waals surface area contributed by atoms with Gasteiger partial charge >= 0.3 is 6.09 Å². The number of carbonyl (C=O) groups is 1. The van der Waals surface area contributed by atoms with Gasteiger partial charge in [0.1, 0.15) is 17.4 Å². The third-order valence-corrected chi connectivity index (χ3v) is 7.20. The van der Waals surface area contributed by atoms with Gasteiger partial charge in [0.15, 0.2) is 0 Å². The molecule has 1 saturated carbocycles. The van der Waals surface area contributed by atoms with Crippen molar-refractivity contribution in [3.63, 3.8) is 0 Å². The van der Waals surface area contributed by atoms with Gasteiger partial charge in [0, 0.05) is 62.1 Å². The first kappa shape index (κ1) is 32.9. The Morgan fingerprint density at radius 1 is 1.12 bits per heavy atom. The minimum Gasteiger partial charge on any atom is -0.444 e. The first-order valence-corrected chi connectivity index (χ1v) is 14.8. The molecular formula is C33H51N5O2. The summed E-state index contributed by atoms with van der Waals surface area (Å²) < 4.78 is 7.48. The van der Waals surface area contributed by atoms with E-state index >= 15 is 0 Å². The van der Waals surface area contributed by atoms with Crippen LogP contribution in [0.5, 0.6) is 0 Å². The van der Waals surface area contributed by atoms with Gasteiger partial charge in [-0.25, -0.2) is 4.79 Å². The molecule has 2 fully saturated rings. The van der Waals surface area contributed by atoms with Crippen molar-refractivity contribution in [1.82, 2.24) is 14.4 Å². The molecule has 220 valence electrons. The van der Waals surface area contributed by atoms with Crippen molar-refractivity contribution in [2.75, 3.05) is 26.2 Å². The highest BCUT2D eigenvalue weighted by Gasteiger charge is 2.32. The number of amides is 1. The van der Waals surface area contributed by atoms with E-state index in [1.165, 1.54) is 35.4 Å². The number of rotatable bonds is 8. The van der Waals surface area contributed by atoms with E-state index in [2.05, 4.69) is 57.7 Å². The van der Waals surface area contributed by atoms with E-state index in [1.807, 2.05) is 55.6 Å². The molecule has 1 aromatic heterocycles. The number of aryl methyl sites for hydroxylation is 1. The van der Waals surface area contributed by atoms with Crippen LogP contribution in [0.3, 0.4) is 0 Å². The standard InChI is InChI=1S/C24H39N3O2.C9H12N2/c1-8-10-13-25-18(3)22(21(9-2)20-11-12-20)19(4)26-14-16-27(17-15-26)23(28)29-24(5,6)7;1-3-4-8-5-6-9(7-10)11(8)2/h9-10,13,20H,8,11-12,14-17H2,1-7H3;5-6H,3-4H2,1-2H3/b13-10+,21-9-,22-19-,25-18+;. The lowest BCUT2D eigenvalue weighted by atomic mass is 9.95. The number of allylic oxidation sites excluding steroid dienone is 5. The Morgan fingerprint density at radius 3 is 2.23 bits per heavy atom. The average molecular weight is 550 g/mol. The molecule has 0 N–H and O–H groups in total. The second-order valence-corrected chi connectivity index (χ2v) is 11.6. The Labute approximate surface area is 242 Å². The Balaban J connectivity index is 0.000000425. The largest absolute Gasteiger partial charge is 0.444 e. The van der Waals surface area contributed by atoms with Gasteiger partial charge in [0.05, 0.1) is 0 Å². The van der Waals surface area contributed by atoms with E-state index in [1.54, 1.807) is 0 Å². The fraction of sp³-hybridized carbons (Fsp3) is 0.606. The quantitative estimate of drug-likeness (QED) is 0.250. The predicted octanol–water partition coefficient (Wildman–Crippen LogP) is 7.40. The highest BCUT2D eigenvalue weighted by Crippen LogP contribution is 2.41. The molecule has 7 nitrogen and oxygen atoms in total. The average Bonchev–Trinajstić information content (AvgIpc) is 3.69. The summed E-state index contributed by atoms with van der Waals surface area (Å²) in [5.41, 5.74) is 6.56. The van der Waals surface area contributed by atoms with Crippen LogP contribution in [0.25, 0.3) is 0 Å². The van der Waals surface area contributed by atoms with Crippen molar-refractivity contribution in [1.29, 1.82) is 5.26 Å². The lowest BCUT2D eigenvalue weighted by molar-refractivity contribution is 0.0168. The van der Waals surface area contributed by atoms with Gasteiger partial charge in [-0.3, -0.25) is 4.99 Å². The van der Waals surface area contributed by atoms with Crippen LogP contribution in [0, 0.1) is 17.2 Å². The van der Waals surface area contributed by atoms with Crippen LogP contribution in [0.15, 0.2) is 52.3 Å². The predicted molar refractivity (Wildman–Crippen MR) is 165 cm³/mol. The number of hydrogen-bond donors (Lipinski definition) is 0. The van der Waals surface area contributed by atoms with Gasteiger partial charge in [-0.1, -0.05) is 32.4 Å². The van der Waals surface area contributed by atoms with Gasteiger partial charge < -0.3 is 19.1 Å². The molecule has 0 atom stereocenters. The van der Waals surface area contributed by atoms with Crippen LogP contribution in [0.4, 0.5) is 4.79 Å². The van der Waals surface area contributed by atoms with E-state index in [0.29, 0.717) is 19.0 Å². The molecule has 1 aliphatic heterocycles. The normalized spacial score (nSPS) is 17.3. The summed E-state index contributed by atoms with van der Waals surface area (Å²) >= 11 is 0. The summed E-state index contributed by atoms with van der Waals surface area (Å²) in [5, 5.41) is 8.63. The third kappa shape index (κ3) is 9.73. The van der Waals surface area contributed by atoms with Gasteiger partial charge in [-0.15, -0.1) is 0 Å². The zero-order valence-electron chi connectivity index (χ0n) is 26.4. The van der Waals surface area contributed by atoms with Gasteiger partial charge in [-0.05, 0) is 90.8 Å². The summed E-state index contributed by atoms with van der Waals surface area (Å²) in [7, 11) is 1.93. The van der Waals surface area contributed by atoms with Crippen LogP contribution < -0.4 is 0 Å². The molecule has 0 bridgehead atoms. The number of nitrogens with zero attached hydrogens (tertiary/aromatic N) is 5. The smallest absolute Gasteiger partial charge is 0.410 e. The molecule has 1 saturated heterocycles. The van der Waals surface area contributed by atoms with Crippen molar-refractivity contribution in [3.05, 3.63) is 58.7 Å². The summed E-state index contributed by atoms with van der Waals surface area (Å²) in [6, 6.07) is 6.02. The molecular weight excluding hydrogens is 498 g/mol. The molecule has 0 aromatic carbocycles. The van der Waals surface area contributed by atoms with E-state index in [9.17, 15) is 4.79 Å². The molecule has 7 heteroatoms. The van der Waals surface area contributed by atoms with Crippen molar-refractivity contribution in [2.24, 2.45) is 18.0 Å². The number of piperazine rings is 1. The molecule has 2 aliphatic rings. The number of hydrogen-bond acceptors (Lipinski definition) is 5. The number of aromatic nitrogens is 1. The second kappa shape index (κ2) is 15.5. The minimum absolute atomic E-state index is 0.214. The number of aliphatic imine (C=N–C) groups is 1. The molecule has 3 rings (SSSR count). The number of nitriles is 1. The minimum atomic E-state index is -0.456. The van der Waals surface area contributed by atoms with E-state index in [-0.39, 0.29) is 6.09 Å². The summed E-state index contributed by atoms with van der Waals surface area (Å²) in [4.78, 5) is 21.3. The Morgan fingerprint density at radius 2 is 1.75 bits per heavy atom. The molecule has 2 heterocycles. The first-order valence-electron chi connectivity index (χ1n) is 14.8. The van der Waals surface area contributed by atoms with Crippen LogP contribution in [0.1, 0.15) is 92.5 Å². The summed E-state index contributed by atoms with van der Waals surface area (Å²) in [5.74, 6) is 0.660. The molecule has 1 aromatic rings. The van der Waals surface area contributed by atoms with Crippen LogP contribution >= 0.6 is 0 Å². The van der Waals surface area contributed by atoms with Crippen molar-refractivity contribution < 1.29 is 9.53 Å². The van der Waals surface area contributed by atoms with Crippen LogP contribution in [0.2, 0.25) is 0 Å². The Kier molecular flexibility index (Phi) is 12.8. The zero-order valence-corrected chi connectivity index (χ0v) is 26.4. The van der Waals surface area contributed by atoms with E-state index < -0.39 is 5.60 Å². The lowest BCUT2D eigenvalue weighted by Gasteiger charge is -2.38. The zero-order chi connectivity index (χ0) is 29.9. The van der Waals surface area contributed by atoms with Crippen molar-refractivity contribution >= 4 is 11.8 Å². The van der Waals surface area contributed by atoms with Gasteiger partial charge in [0.25, 0.3) is 0 Å². The van der Waals surface area contributed by atoms with Crippen molar-refractivity contribution in [2.45, 2.75) is 93.1 Å². The van der Waals surface area contributed by atoms with Crippen LogP contribution in [-0.4, -0.2) is 58.0 Å². The third-order valence-electron chi connectivity index (χ3n) is 7.20. The SMILES string of the molecule is CCCc1ccc(C#N)n1C.C\C=C(C(/C(C)=N/C=C/CC)=C(/C)N1CCN(C(=O)OC(C)(C)C)CC1)\C1CC1. The van der Waals surface area contributed by atoms with E-state index in [4.69, 9.17) is 15.0 Å². The fourth-order valence-corrected chi connectivity index (χ4v) is 4.87. The molecule has 40 heavy (non-hydrogen) atoms.